The summed E-state index contributed by atoms with van der Waals surface area (Å²) in [5.74, 6) is 2.37. The molecular formula is C20H28N4O. The van der Waals surface area contributed by atoms with E-state index in [4.69, 9.17) is 0 Å². The van der Waals surface area contributed by atoms with Crippen molar-refractivity contribution in [3.63, 3.8) is 0 Å². The number of H-pyrrole nitrogens is 1. The Hall–Kier alpha value is -2.17. The summed E-state index contributed by atoms with van der Waals surface area (Å²) in [5.41, 5.74) is 1.55. The SMILES string of the molecule is CCc1cc(=O)[nH]c(-c2ccc(N3CCCC3CCC(C)C)nc2)n1. The fourth-order valence-corrected chi connectivity index (χ4v) is 3.48. The van der Waals surface area contributed by atoms with E-state index in [0.717, 1.165) is 36.0 Å². The Morgan fingerprint density at radius 1 is 1.36 bits per heavy atom. The first kappa shape index (κ1) is 17.6. The van der Waals surface area contributed by atoms with E-state index >= 15 is 0 Å². The normalized spacial score (nSPS) is 17.4. The number of nitrogens with one attached hydrogen (secondary N) is 1. The van der Waals surface area contributed by atoms with Crippen molar-refractivity contribution < 1.29 is 0 Å². The Kier molecular flexibility index (Phi) is 5.51. The predicted octanol–water partition coefficient (Wildman–Crippen LogP) is 3.80. The highest BCUT2D eigenvalue weighted by Crippen LogP contribution is 2.28. The third-order valence-corrected chi connectivity index (χ3v) is 4.93. The quantitative estimate of drug-likeness (QED) is 0.869. The van der Waals surface area contributed by atoms with Gasteiger partial charge in [0.1, 0.15) is 11.6 Å². The first-order chi connectivity index (χ1) is 12.1. The maximum absolute atomic E-state index is 11.8. The molecule has 2 aromatic heterocycles. The van der Waals surface area contributed by atoms with Gasteiger partial charge in [0, 0.05) is 36.1 Å². The van der Waals surface area contributed by atoms with Crippen molar-refractivity contribution in [3.05, 3.63) is 40.4 Å². The molecule has 0 amide bonds. The van der Waals surface area contributed by atoms with Crippen LogP contribution in [0.3, 0.4) is 0 Å². The molecule has 5 nitrogen and oxygen atoms in total. The molecule has 1 saturated heterocycles. The van der Waals surface area contributed by atoms with E-state index in [1.807, 2.05) is 19.2 Å². The van der Waals surface area contributed by atoms with Gasteiger partial charge in [-0.05, 0) is 50.2 Å². The van der Waals surface area contributed by atoms with Crippen LogP contribution in [-0.2, 0) is 6.42 Å². The van der Waals surface area contributed by atoms with Crippen molar-refractivity contribution in [1.82, 2.24) is 15.0 Å². The Balaban J connectivity index is 1.78. The molecule has 0 radical (unpaired) electrons. The fraction of sp³-hybridized carbons (Fsp3) is 0.550. The summed E-state index contributed by atoms with van der Waals surface area (Å²) in [4.78, 5) is 26.2. The second kappa shape index (κ2) is 7.81. The molecular weight excluding hydrogens is 312 g/mol. The molecule has 1 N–H and O–H groups in total. The highest BCUT2D eigenvalue weighted by Gasteiger charge is 2.25. The molecule has 3 rings (SSSR count). The number of nitrogens with zero attached hydrogens (tertiary/aromatic N) is 3. The lowest BCUT2D eigenvalue weighted by Crippen LogP contribution is -2.30. The average molecular weight is 340 g/mol. The molecule has 3 heterocycles. The van der Waals surface area contributed by atoms with E-state index in [2.05, 4.69) is 39.8 Å². The summed E-state index contributed by atoms with van der Waals surface area (Å²) in [6.45, 7) is 7.64. The first-order valence-electron chi connectivity index (χ1n) is 9.40. The second-order valence-electron chi connectivity index (χ2n) is 7.30. The molecule has 0 aliphatic carbocycles. The largest absolute Gasteiger partial charge is 0.354 e. The number of aromatic amines is 1. The minimum atomic E-state index is -0.112. The van der Waals surface area contributed by atoms with Crippen molar-refractivity contribution in [2.45, 2.75) is 58.9 Å². The van der Waals surface area contributed by atoms with Gasteiger partial charge >= 0.3 is 0 Å². The van der Waals surface area contributed by atoms with Crippen molar-refractivity contribution in [1.29, 1.82) is 0 Å². The number of rotatable bonds is 6. The average Bonchev–Trinajstić information content (AvgIpc) is 3.08. The van der Waals surface area contributed by atoms with E-state index in [-0.39, 0.29) is 5.56 Å². The zero-order valence-electron chi connectivity index (χ0n) is 15.5. The number of anilines is 1. The van der Waals surface area contributed by atoms with Crippen LogP contribution < -0.4 is 10.5 Å². The van der Waals surface area contributed by atoms with Gasteiger partial charge in [-0.1, -0.05) is 20.8 Å². The van der Waals surface area contributed by atoms with Crippen LogP contribution in [0.25, 0.3) is 11.4 Å². The summed E-state index contributed by atoms with van der Waals surface area (Å²) in [5, 5.41) is 0. The van der Waals surface area contributed by atoms with Crippen molar-refractivity contribution in [2.75, 3.05) is 11.4 Å². The van der Waals surface area contributed by atoms with Gasteiger partial charge in [0.05, 0.1) is 0 Å². The van der Waals surface area contributed by atoms with Crippen molar-refractivity contribution >= 4 is 5.82 Å². The molecule has 1 fully saturated rings. The molecule has 0 saturated carbocycles. The Bertz CT molecular complexity index is 751. The number of pyridine rings is 1. The van der Waals surface area contributed by atoms with E-state index in [9.17, 15) is 4.79 Å². The predicted molar refractivity (Wildman–Crippen MR) is 102 cm³/mol. The monoisotopic (exact) mass is 340 g/mol. The molecule has 0 aromatic carbocycles. The molecule has 0 bridgehead atoms. The maximum Gasteiger partial charge on any atom is 0.251 e. The van der Waals surface area contributed by atoms with Gasteiger partial charge in [0.2, 0.25) is 0 Å². The smallest absolute Gasteiger partial charge is 0.251 e. The van der Waals surface area contributed by atoms with Crippen LogP contribution in [0, 0.1) is 5.92 Å². The van der Waals surface area contributed by atoms with Gasteiger partial charge in [-0.15, -0.1) is 0 Å². The first-order valence-corrected chi connectivity index (χ1v) is 9.40. The van der Waals surface area contributed by atoms with Gasteiger partial charge in [0.25, 0.3) is 5.56 Å². The lowest BCUT2D eigenvalue weighted by atomic mass is 10.0. The standard InChI is InChI=1S/C20H28N4O/c1-4-16-12-19(25)23-20(22-16)15-8-10-18(21-13-15)24-11-5-6-17(24)9-7-14(2)3/h8,10,12-14,17H,4-7,9,11H2,1-3H3,(H,22,23,25). The van der Waals surface area contributed by atoms with Crippen LogP contribution in [0.15, 0.2) is 29.2 Å². The zero-order valence-corrected chi connectivity index (χ0v) is 15.5. The summed E-state index contributed by atoms with van der Waals surface area (Å²) >= 11 is 0. The van der Waals surface area contributed by atoms with E-state index in [1.54, 1.807) is 6.07 Å². The van der Waals surface area contributed by atoms with Gasteiger partial charge in [0.15, 0.2) is 0 Å². The van der Waals surface area contributed by atoms with Crippen LogP contribution in [0.2, 0.25) is 0 Å². The number of hydrogen-bond acceptors (Lipinski definition) is 4. The van der Waals surface area contributed by atoms with Crippen LogP contribution >= 0.6 is 0 Å². The van der Waals surface area contributed by atoms with Crippen LogP contribution in [0.1, 0.15) is 52.1 Å². The molecule has 25 heavy (non-hydrogen) atoms. The van der Waals surface area contributed by atoms with Crippen molar-refractivity contribution in [2.24, 2.45) is 5.92 Å². The number of aryl methyl sites for hydroxylation is 1. The van der Waals surface area contributed by atoms with Gasteiger partial charge in [-0.25, -0.2) is 9.97 Å². The number of aromatic nitrogens is 3. The van der Waals surface area contributed by atoms with Crippen LogP contribution in [-0.4, -0.2) is 27.5 Å². The van der Waals surface area contributed by atoms with Crippen molar-refractivity contribution in [3.8, 4) is 11.4 Å². The van der Waals surface area contributed by atoms with Gasteiger partial charge < -0.3 is 9.88 Å². The summed E-state index contributed by atoms with van der Waals surface area (Å²) in [6, 6.07) is 6.22. The summed E-state index contributed by atoms with van der Waals surface area (Å²) in [6.07, 6.45) is 7.55. The number of hydrogen-bond donors (Lipinski definition) is 1. The van der Waals surface area contributed by atoms with E-state index < -0.39 is 0 Å². The molecule has 5 heteroatoms. The highest BCUT2D eigenvalue weighted by atomic mass is 16.1. The van der Waals surface area contributed by atoms with Crippen LogP contribution in [0.5, 0.6) is 0 Å². The summed E-state index contributed by atoms with van der Waals surface area (Å²) in [7, 11) is 0. The van der Waals surface area contributed by atoms with E-state index in [0.29, 0.717) is 11.9 Å². The molecule has 0 spiro atoms. The van der Waals surface area contributed by atoms with Crippen LogP contribution in [0.4, 0.5) is 5.82 Å². The maximum atomic E-state index is 11.8. The molecule has 134 valence electrons. The lowest BCUT2D eigenvalue weighted by molar-refractivity contribution is 0.494. The minimum Gasteiger partial charge on any atom is -0.354 e. The molecule has 1 unspecified atom stereocenters. The minimum absolute atomic E-state index is 0.112. The Labute approximate surface area is 149 Å². The third-order valence-electron chi connectivity index (χ3n) is 4.93. The Morgan fingerprint density at radius 3 is 2.88 bits per heavy atom. The zero-order chi connectivity index (χ0) is 17.8. The third kappa shape index (κ3) is 4.27. The van der Waals surface area contributed by atoms with Gasteiger partial charge in [-0.3, -0.25) is 4.79 Å². The van der Waals surface area contributed by atoms with Gasteiger partial charge in [-0.2, -0.15) is 0 Å². The van der Waals surface area contributed by atoms with E-state index in [1.165, 1.54) is 25.7 Å². The fourth-order valence-electron chi connectivity index (χ4n) is 3.48. The molecule has 1 atom stereocenters. The molecule has 1 aliphatic rings. The molecule has 2 aromatic rings. The lowest BCUT2D eigenvalue weighted by Gasteiger charge is -2.26. The second-order valence-corrected chi connectivity index (χ2v) is 7.30. The topological polar surface area (TPSA) is 61.9 Å². The molecule has 1 aliphatic heterocycles. The Morgan fingerprint density at radius 2 is 2.20 bits per heavy atom. The highest BCUT2D eigenvalue weighted by molar-refractivity contribution is 5.56. The summed E-state index contributed by atoms with van der Waals surface area (Å²) < 4.78 is 0.